The summed E-state index contributed by atoms with van der Waals surface area (Å²) in [5, 5.41) is 83.9. The Kier molecular flexibility index (Phi) is 6.76. The number of ketones is 2. The minimum atomic E-state index is -2.54. The number of fused-ring (bicyclic) bond motifs is 2. The fourth-order valence-corrected chi connectivity index (χ4v) is 5.00. The molecule has 2 saturated heterocycles. The predicted octanol–water partition coefficient (Wildman–Crippen LogP) is -2.80. The fourth-order valence-electron chi connectivity index (χ4n) is 5.00. The van der Waals surface area contributed by atoms with Gasteiger partial charge in [-0.1, -0.05) is 24.3 Å². The van der Waals surface area contributed by atoms with Gasteiger partial charge in [0.05, 0.1) is 18.8 Å². The van der Waals surface area contributed by atoms with Crippen LogP contribution < -0.4 is 4.74 Å². The van der Waals surface area contributed by atoms with Crippen molar-refractivity contribution in [2.45, 2.75) is 54.6 Å². The van der Waals surface area contributed by atoms with Crippen LogP contribution in [0.3, 0.4) is 0 Å². The standard InChI is InChI=1S/C25H26O13/c26-12-7-36-8-25(35,22(12)33)23(34)21-19(31)18(30)20(32)24(38-21)37-13-6-5-11-14(17(13)29)16(28)10-4-2-1-3-9(10)15(11)27/h1-6,12,18-24,26,29-35H,7-8H2/t12-,18+,19+,20-,21+,22+,23?,24-,25-/m1/s1. The second kappa shape index (κ2) is 9.64. The third-order valence-electron chi connectivity index (χ3n) is 7.20. The van der Waals surface area contributed by atoms with Crippen LogP contribution in [0.5, 0.6) is 11.5 Å². The molecule has 38 heavy (non-hydrogen) atoms. The molecule has 0 aromatic heterocycles. The van der Waals surface area contributed by atoms with Gasteiger partial charge in [0.25, 0.3) is 0 Å². The van der Waals surface area contributed by atoms with Crippen LogP contribution in [0, 0.1) is 0 Å². The summed E-state index contributed by atoms with van der Waals surface area (Å²) in [6, 6.07) is 8.41. The molecule has 13 heteroatoms. The number of phenols is 1. The number of hydrogen-bond acceptors (Lipinski definition) is 13. The van der Waals surface area contributed by atoms with Crippen LogP contribution in [-0.4, -0.2) is 120 Å². The van der Waals surface area contributed by atoms with Gasteiger partial charge in [0.2, 0.25) is 6.29 Å². The van der Waals surface area contributed by atoms with Crippen LogP contribution in [0.2, 0.25) is 0 Å². The van der Waals surface area contributed by atoms with E-state index in [0.717, 1.165) is 6.07 Å². The number of hydrogen-bond donors (Lipinski definition) is 8. The van der Waals surface area contributed by atoms with Gasteiger partial charge in [-0.15, -0.1) is 0 Å². The zero-order valence-corrected chi connectivity index (χ0v) is 19.6. The highest BCUT2D eigenvalue weighted by Crippen LogP contribution is 2.40. The van der Waals surface area contributed by atoms with Crippen molar-refractivity contribution in [1.82, 2.24) is 0 Å². The molecule has 204 valence electrons. The molecule has 8 N–H and O–H groups in total. The van der Waals surface area contributed by atoms with Crippen LogP contribution >= 0.6 is 0 Å². The van der Waals surface area contributed by atoms with E-state index in [0.29, 0.717) is 0 Å². The number of aromatic hydroxyl groups is 1. The Morgan fingerprint density at radius 2 is 1.55 bits per heavy atom. The minimum absolute atomic E-state index is 0.0665. The van der Waals surface area contributed by atoms with Crippen LogP contribution in [0.1, 0.15) is 31.8 Å². The molecule has 3 aliphatic rings. The Balaban J connectivity index is 1.44. The van der Waals surface area contributed by atoms with Crippen LogP contribution in [0.15, 0.2) is 36.4 Å². The number of ether oxygens (including phenoxy) is 3. The highest BCUT2D eigenvalue weighted by Gasteiger charge is 2.57. The third kappa shape index (κ3) is 4.00. The third-order valence-corrected chi connectivity index (χ3v) is 7.20. The van der Waals surface area contributed by atoms with Gasteiger partial charge in [-0.25, -0.2) is 0 Å². The highest BCUT2D eigenvalue weighted by atomic mass is 16.7. The van der Waals surface area contributed by atoms with E-state index < -0.39 is 84.3 Å². The molecule has 13 nitrogen and oxygen atoms in total. The van der Waals surface area contributed by atoms with Crippen molar-refractivity contribution in [3.05, 3.63) is 58.7 Å². The van der Waals surface area contributed by atoms with Crippen molar-refractivity contribution < 1.29 is 64.7 Å². The molecule has 0 radical (unpaired) electrons. The van der Waals surface area contributed by atoms with E-state index in [9.17, 15) is 50.4 Å². The lowest BCUT2D eigenvalue weighted by molar-refractivity contribution is -0.321. The summed E-state index contributed by atoms with van der Waals surface area (Å²) in [7, 11) is 0. The molecule has 0 spiro atoms. The number of carbonyl (C=O) groups is 2. The maximum Gasteiger partial charge on any atom is 0.229 e. The SMILES string of the molecule is O=C1c2ccccc2C(=O)c2c1ccc(O[C@@H]1O[C@H](C(O)[C@@]3(O)COC[C@@H](O)[C@@H]3O)[C@@H](O)[C@H](O)[C@H]1O)c2O. The van der Waals surface area contributed by atoms with Gasteiger partial charge in [0.15, 0.2) is 23.1 Å². The number of benzene rings is 2. The molecule has 1 aliphatic carbocycles. The topological polar surface area (TPSA) is 224 Å². The van der Waals surface area contributed by atoms with Crippen molar-refractivity contribution in [3.63, 3.8) is 0 Å². The lowest BCUT2D eigenvalue weighted by Crippen LogP contribution is -2.71. The van der Waals surface area contributed by atoms with E-state index in [1.807, 2.05) is 0 Å². The quantitative estimate of drug-likeness (QED) is 0.170. The number of rotatable bonds is 4. The van der Waals surface area contributed by atoms with Crippen molar-refractivity contribution in [1.29, 1.82) is 0 Å². The monoisotopic (exact) mass is 534 g/mol. The Hall–Kier alpha value is -2.98. The van der Waals surface area contributed by atoms with Gasteiger partial charge in [-0.05, 0) is 12.1 Å². The first-order valence-corrected chi connectivity index (χ1v) is 11.7. The molecule has 2 heterocycles. The van der Waals surface area contributed by atoms with Crippen LogP contribution in [0.25, 0.3) is 0 Å². The maximum absolute atomic E-state index is 13.0. The van der Waals surface area contributed by atoms with Crippen molar-refractivity contribution in [2.24, 2.45) is 0 Å². The number of phenolic OH excluding ortho intramolecular Hbond substituents is 1. The average Bonchev–Trinajstić information content (AvgIpc) is 2.91. The average molecular weight is 534 g/mol. The molecule has 0 bridgehead atoms. The molecule has 5 rings (SSSR count). The molecular formula is C25H26O13. The second-order valence-electron chi connectivity index (χ2n) is 9.56. The van der Waals surface area contributed by atoms with Gasteiger partial charge >= 0.3 is 0 Å². The lowest BCUT2D eigenvalue weighted by atomic mass is 9.80. The molecule has 9 atom stereocenters. The van der Waals surface area contributed by atoms with E-state index in [-0.39, 0.29) is 28.9 Å². The van der Waals surface area contributed by atoms with Gasteiger partial charge in [0.1, 0.15) is 48.3 Å². The summed E-state index contributed by atoms with van der Waals surface area (Å²) in [4.78, 5) is 25.9. The molecule has 2 aromatic carbocycles. The van der Waals surface area contributed by atoms with Crippen LogP contribution in [-0.2, 0) is 9.47 Å². The van der Waals surface area contributed by atoms with Crippen molar-refractivity contribution in [3.8, 4) is 11.5 Å². The van der Waals surface area contributed by atoms with Crippen molar-refractivity contribution in [2.75, 3.05) is 13.2 Å². The number of aliphatic hydroxyl groups is 7. The van der Waals surface area contributed by atoms with Gasteiger partial charge < -0.3 is 55.1 Å². The number of carbonyl (C=O) groups excluding carboxylic acids is 2. The largest absolute Gasteiger partial charge is 0.504 e. The van der Waals surface area contributed by atoms with E-state index in [4.69, 9.17) is 14.2 Å². The molecule has 2 aromatic rings. The van der Waals surface area contributed by atoms with Gasteiger partial charge in [-0.2, -0.15) is 0 Å². The van der Waals surface area contributed by atoms with Crippen LogP contribution in [0.4, 0.5) is 0 Å². The molecule has 2 aliphatic heterocycles. The first-order chi connectivity index (χ1) is 18.0. The van der Waals surface area contributed by atoms with Crippen molar-refractivity contribution >= 4 is 11.6 Å². The second-order valence-corrected chi connectivity index (χ2v) is 9.56. The van der Waals surface area contributed by atoms with Gasteiger partial charge in [-0.3, -0.25) is 9.59 Å². The Labute approximate surface area is 214 Å². The molecular weight excluding hydrogens is 508 g/mol. The van der Waals surface area contributed by atoms with E-state index in [2.05, 4.69) is 0 Å². The zero-order valence-electron chi connectivity index (χ0n) is 19.6. The molecule has 2 fully saturated rings. The summed E-state index contributed by atoms with van der Waals surface area (Å²) in [6.45, 7) is -0.993. The molecule has 0 saturated carbocycles. The summed E-state index contributed by atoms with van der Waals surface area (Å²) in [5.74, 6) is -2.34. The molecule has 0 amide bonds. The maximum atomic E-state index is 13.0. The molecule has 1 unspecified atom stereocenters. The Bertz CT molecular complexity index is 1260. The zero-order chi connectivity index (χ0) is 27.5. The smallest absolute Gasteiger partial charge is 0.229 e. The summed E-state index contributed by atoms with van der Waals surface area (Å²) in [5.41, 5.74) is -2.74. The van der Waals surface area contributed by atoms with E-state index >= 15 is 0 Å². The van der Waals surface area contributed by atoms with Gasteiger partial charge in [0, 0.05) is 16.7 Å². The summed E-state index contributed by atoms with van der Waals surface area (Å²) in [6.07, 6.45) is -15.4. The Morgan fingerprint density at radius 3 is 2.24 bits per heavy atom. The van der Waals surface area contributed by atoms with E-state index in [1.54, 1.807) is 12.1 Å². The normalized spacial score (nSPS) is 35.8. The first kappa shape index (κ1) is 26.6. The lowest BCUT2D eigenvalue weighted by Gasteiger charge is -2.48. The highest BCUT2D eigenvalue weighted by molar-refractivity contribution is 6.29. The predicted molar refractivity (Wildman–Crippen MR) is 123 cm³/mol. The van der Waals surface area contributed by atoms with E-state index in [1.165, 1.54) is 18.2 Å². The fraction of sp³-hybridized carbons (Fsp3) is 0.440. The number of aliphatic hydroxyl groups excluding tert-OH is 6. The first-order valence-electron chi connectivity index (χ1n) is 11.7. The minimum Gasteiger partial charge on any atom is -0.504 e. The summed E-state index contributed by atoms with van der Waals surface area (Å²) >= 11 is 0. The summed E-state index contributed by atoms with van der Waals surface area (Å²) < 4.78 is 16.0. The Morgan fingerprint density at radius 1 is 0.895 bits per heavy atom.